The molecule has 1 heterocycles. The molecular formula is C21H24N2O4S. The predicted molar refractivity (Wildman–Crippen MR) is 107 cm³/mol. The Bertz CT molecular complexity index is 801. The summed E-state index contributed by atoms with van der Waals surface area (Å²) in [5.41, 5.74) is 1.88. The van der Waals surface area contributed by atoms with Gasteiger partial charge in [-0.15, -0.1) is 0 Å². The van der Waals surface area contributed by atoms with E-state index in [-0.39, 0.29) is 30.3 Å². The first kappa shape index (κ1) is 20.1. The number of nitrogens with one attached hydrogen (secondary N) is 2. The minimum absolute atomic E-state index is 0.0294. The highest BCUT2D eigenvalue weighted by Gasteiger charge is 2.44. The largest absolute Gasteiger partial charge is 0.456 e. The normalized spacial score (nSPS) is 14.1. The summed E-state index contributed by atoms with van der Waals surface area (Å²) in [7, 11) is 0. The minimum atomic E-state index is -0.441. The van der Waals surface area contributed by atoms with Crippen LogP contribution in [0, 0.1) is 0 Å². The fourth-order valence-corrected chi connectivity index (χ4v) is 3.61. The number of carbonyl (C=O) groups excluding carboxylic acids is 3. The summed E-state index contributed by atoms with van der Waals surface area (Å²) in [6.45, 7) is 0.669. The van der Waals surface area contributed by atoms with Crippen LogP contribution in [0.4, 0.5) is 0 Å². The van der Waals surface area contributed by atoms with Crippen LogP contribution in [0.5, 0.6) is 0 Å². The van der Waals surface area contributed by atoms with E-state index < -0.39 is 5.97 Å². The van der Waals surface area contributed by atoms with Crippen LogP contribution >= 0.6 is 11.3 Å². The van der Waals surface area contributed by atoms with Crippen molar-refractivity contribution in [2.24, 2.45) is 0 Å². The highest BCUT2D eigenvalue weighted by atomic mass is 32.1. The molecule has 0 bridgehead atoms. The molecule has 0 radical (unpaired) electrons. The van der Waals surface area contributed by atoms with Crippen LogP contribution in [-0.4, -0.2) is 37.5 Å². The van der Waals surface area contributed by atoms with Crippen LogP contribution in [0.1, 0.15) is 41.6 Å². The Hall–Kier alpha value is -2.67. The van der Waals surface area contributed by atoms with E-state index >= 15 is 0 Å². The average Bonchev–Trinajstić information content (AvgIpc) is 3.31. The Morgan fingerprint density at radius 1 is 1.07 bits per heavy atom. The van der Waals surface area contributed by atoms with Crippen LogP contribution in [-0.2, 0) is 19.7 Å². The van der Waals surface area contributed by atoms with Crippen LogP contribution < -0.4 is 10.6 Å². The molecule has 1 aliphatic carbocycles. The summed E-state index contributed by atoms with van der Waals surface area (Å²) in [4.78, 5) is 35.5. The van der Waals surface area contributed by atoms with Gasteiger partial charge >= 0.3 is 5.97 Å². The predicted octanol–water partition coefficient (Wildman–Crippen LogP) is 2.65. The summed E-state index contributed by atoms with van der Waals surface area (Å²) in [5.74, 6) is -0.883. The molecule has 0 aliphatic heterocycles. The minimum Gasteiger partial charge on any atom is -0.456 e. The lowest BCUT2D eigenvalue weighted by molar-refractivity contribution is -0.148. The number of rotatable bonds is 10. The van der Waals surface area contributed by atoms with Gasteiger partial charge in [0.1, 0.15) is 0 Å². The van der Waals surface area contributed by atoms with Crippen molar-refractivity contribution in [3.63, 3.8) is 0 Å². The molecule has 2 N–H and O–H groups in total. The van der Waals surface area contributed by atoms with Crippen LogP contribution in [0.15, 0.2) is 47.2 Å². The Labute approximate surface area is 168 Å². The van der Waals surface area contributed by atoms with E-state index in [0.29, 0.717) is 25.1 Å². The zero-order valence-corrected chi connectivity index (χ0v) is 16.4. The molecule has 0 unspecified atom stereocenters. The fraction of sp³-hybridized carbons (Fsp3) is 0.381. The first-order valence-corrected chi connectivity index (χ1v) is 10.3. The van der Waals surface area contributed by atoms with Gasteiger partial charge in [0.25, 0.3) is 11.8 Å². The maximum atomic E-state index is 12.0. The molecule has 1 aromatic carbocycles. The van der Waals surface area contributed by atoms with E-state index in [1.807, 2.05) is 23.6 Å². The number of carbonyl (C=O) groups is 3. The average molecular weight is 401 g/mol. The lowest BCUT2D eigenvalue weighted by atomic mass is 9.96. The molecule has 1 aliphatic rings. The monoisotopic (exact) mass is 400 g/mol. The first-order chi connectivity index (χ1) is 13.6. The first-order valence-electron chi connectivity index (χ1n) is 9.37. The smallest absolute Gasteiger partial charge is 0.306 e. The number of hydrogen-bond donors (Lipinski definition) is 2. The topological polar surface area (TPSA) is 84.5 Å². The van der Waals surface area contributed by atoms with Crippen molar-refractivity contribution in [3.8, 4) is 0 Å². The van der Waals surface area contributed by atoms with Gasteiger partial charge in [-0.3, -0.25) is 14.4 Å². The van der Waals surface area contributed by atoms with Gasteiger partial charge in [0.2, 0.25) is 0 Å². The molecule has 0 saturated heterocycles. The molecule has 1 fully saturated rings. The highest BCUT2D eigenvalue weighted by Crippen LogP contribution is 2.47. The van der Waals surface area contributed by atoms with E-state index in [1.54, 1.807) is 11.4 Å². The molecule has 148 valence electrons. The van der Waals surface area contributed by atoms with E-state index in [1.165, 1.54) is 16.9 Å². The van der Waals surface area contributed by atoms with Gasteiger partial charge in [-0.25, -0.2) is 0 Å². The maximum Gasteiger partial charge on any atom is 0.306 e. The van der Waals surface area contributed by atoms with Gasteiger partial charge < -0.3 is 15.4 Å². The van der Waals surface area contributed by atoms with Crippen molar-refractivity contribution >= 4 is 29.1 Å². The molecule has 1 aromatic heterocycles. The number of hydrogen-bond acceptors (Lipinski definition) is 5. The second-order valence-electron chi connectivity index (χ2n) is 6.96. The van der Waals surface area contributed by atoms with Crippen molar-refractivity contribution in [1.29, 1.82) is 0 Å². The number of esters is 1. The second kappa shape index (κ2) is 9.50. The van der Waals surface area contributed by atoms with Crippen LogP contribution in [0.2, 0.25) is 0 Å². The van der Waals surface area contributed by atoms with Crippen molar-refractivity contribution in [2.45, 2.75) is 31.1 Å². The Morgan fingerprint density at radius 3 is 2.54 bits per heavy atom. The van der Waals surface area contributed by atoms with Gasteiger partial charge in [0.05, 0.1) is 0 Å². The summed E-state index contributed by atoms with van der Waals surface area (Å²) in [5, 5.41) is 9.22. The summed E-state index contributed by atoms with van der Waals surface area (Å²) in [6, 6.07) is 11.9. The van der Waals surface area contributed by atoms with Crippen molar-refractivity contribution in [2.75, 3.05) is 19.7 Å². The molecular weight excluding hydrogens is 376 g/mol. The maximum absolute atomic E-state index is 12.0. The molecule has 3 rings (SSSR count). The van der Waals surface area contributed by atoms with E-state index in [2.05, 4.69) is 22.8 Å². The Morgan fingerprint density at radius 2 is 1.86 bits per heavy atom. The van der Waals surface area contributed by atoms with Crippen LogP contribution in [0.3, 0.4) is 0 Å². The van der Waals surface area contributed by atoms with Crippen molar-refractivity contribution in [3.05, 3.63) is 58.3 Å². The van der Waals surface area contributed by atoms with Crippen molar-refractivity contribution in [1.82, 2.24) is 10.6 Å². The lowest BCUT2D eigenvalue weighted by Crippen LogP contribution is -2.35. The molecule has 2 amide bonds. The summed E-state index contributed by atoms with van der Waals surface area (Å²) < 4.78 is 5.01. The summed E-state index contributed by atoms with van der Waals surface area (Å²) in [6.07, 6.45) is 2.72. The lowest BCUT2D eigenvalue weighted by Gasteiger charge is -2.16. The van der Waals surface area contributed by atoms with Gasteiger partial charge in [-0.05, 0) is 36.3 Å². The second-order valence-corrected chi connectivity index (χ2v) is 7.74. The van der Waals surface area contributed by atoms with E-state index in [4.69, 9.17) is 4.74 Å². The molecule has 1 saturated carbocycles. The zero-order chi connectivity index (χ0) is 19.8. The molecule has 28 heavy (non-hydrogen) atoms. The number of benzene rings is 1. The quantitative estimate of drug-likeness (QED) is 0.474. The van der Waals surface area contributed by atoms with Gasteiger partial charge in [0.15, 0.2) is 6.61 Å². The fourth-order valence-electron chi connectivity index (χ4n) is 2.98. The number of thiophene rings is 1. The summed E-state index contributed by atoms with van der Waals surface area (Å²) >= 11 is 1.46. The molecule has 7 heteroatoms. The standard InChI is InChI=1S/C21H24N2O4S/c24-18(23-15-21(9-10-21)17-5-2-1-3-6-17)13-27-19(25)7-4-11-22-20(26)16-8-12-28-14-16/h1-3,5-6,8,12,14H,4,7,9-11,13,15H2,(H,22,26)(H,23,24). The zero-order valence-electron chi connectivity index (χ0n) is 15.6. The Balaban J connectivity index is 1.27. The van der Waals surface area contributed by atoms with Gasteiger partial charge in [-0.2, -0.15) is 11.3 Å². The number of ether oxygens (including phenoxy) is 1. The molecule has 0 atom stereocenters. The Kier molecular flexibility index (Phi) is 6.81. The SMILES string of the molecule is O=C(COC(=O)CCCNC(=O)c1ccsc1)NCC1(c2ccccc2)CC1. The van der Waals surface area contributed by atoms with E-state index in [9.17, 15) is 14.4 Å². The molecule has 6 nitrogen and oxygen atoms in total. The third kappa shape index (κ3) is 5.66. The van der Waals surface area contributed by atoms with Gasteiger partial charge in [0, 0.05) is 35.9 Å². The van der Waals surface area contributed by atoms with Crippen LogP contribution in [0.25, 0.3) is 0 Å². The highest BCUT2D eigenvalue weighted by molar-refractivity contribution is 7.08. The van der Waals surface area contributed by atoms with E-state index in [0.717, 1.165) is 12.8 Å². The van der Waals surface area contributed by atoms with Crippen molar-refractivity contribution < 1.29 is 19.1 Å². The molecule has 0 spiro atoms. The molecule has 2 aromatic rings. The third-order valence-corrected chi connectivity index (χ3v) is 5.54. The van der Waals surface area contributed by atoms with Gasteiger partial charge in [-0.1, -0.05) is 30.3 Å². The third-order valence-electron chi connectivity index (χ3n) is 4.85. The number of amides is 2.